The number of anilines is 1. The zero-order valence-electron chi connectivity index (χ0n) is 15.4. The van der Waals surface area contributed by atoms with E-state index in [-0.39, 0.29) is 12.0 Å². The summed E-state index contributed by atoms with van der Waals surface area (Å²) < 4.78 is 11.1. The summed E-state index contributed by atoms with van der Waals surface area (Å²) in [6.45, 7) is 3.41. The second-order valence-electron chi connectivity index (χ2n) is 6.61. The van der Waals surface area contributed by atoms with Crippen molar-refractivity contribution < 1.29 is 14.3 Å². The Hall–Kier alpha value is -2.72. The summed E-state index contributed by atoms with van der Waals surface area (Å²) in [5, 5.41) is 11.8. The third-order valence-corrected chi connectivity index (χ3v) is 4.29. The maximum absolute atomic E-state index is 12.5. The molecule has 3 rings (SSSR count). The molecule has 1 saturated heterocycles. The summed E-state index contributed by atoms with van der Waals surface area (Å²) in [5.74, 6) is -0.196. The zero-order valence-corrected chi connectivity index (χ0v) is 15.4. The molecule has 1 aliphatic rings. The van der Waals surface area contributed by atoms with Crippen LogP contribution in [-0.4, -0.2) is 50.3 Å². The SMILES string of the molecule is CN(Cc1cccc(C(=O)Nc2cccc(C#N)c2)c1)CC1COCCO1. The molecule has 140 valence electrons. The van der Waals surface area contributed by atoms with Gasteiger partial charge in [0, 0.05) is 24.3 Å². The van der Waals surface area contributed by atoms with Crippen molar-refractivity contribution in [2.45, 2.75) is 12.6 Å². The minimum Gasteiger partial charge on any atom is -0.376 e. The van der Waals surface area contributed by atoms with Gasteiger partial charge in [-0.2, -0.15) is 5.26 Å². The van der Waals surface area contributed by atoms with Crippen LogP contribution in [0.4, 0.5) is 5.69 Å². The predicted molar refractivity (Wildman–Crippen MR) is 102 cm³/mol. The average Bonchev–Trinajstić information content (AvgIpc) is 2.69. The molecule has 1 aliphatic heterocycles. The molecule has 0 aromatic heterocycles. The van der Waals surface area contributed by atoms with E-state index in [0.29, 0.717) is 43.2 Å². The van der Waals surface area contributed by atoms with Crippen molar-refractivity contribution >= 4 is 11.6 Å². The number of nitrogens with one attached hydrogen (secondary N) is 1. The van der Waals surface area contributed by atoms with Gasteiger partial charge in [0.2, 0.25) is 0 Å². The van der Waals surface area contributed by atoms with E-state index in [2.05, 4.69) is 16.3 Å². The minimum atomic E-state index is -0.196. The van der Waals surface area contributed by atoms with Crippen molar-refractivity contribution in [3.8, 4) is 6.07 Å². The van der Waals surface area contributed by atoms with Crippen LogP contribution in [0.15, 0.2) is 48.5 Å². The van der Waals surface area contributed by atoms with Gasteiger partial charge in [-0.3, -0.25) is 9.69 Å². The molecule has 27 heavy (non-hydrogen) atoms. The van der Waals surface area contributed by atoms with Crippen molar-refractivity contribution in [3.05, 3.63) is 65.2 Å². The lowest BCUT2D eigenvalue weighted by molar-refractivity contribution is -0.0962. The first-order valence-corrected chi connectivity index (χ1v) is 8.92. The van der Waals surface area contributed by atoms with Gasteiger partial charge in [-0.15, -0.1) is 0 Å². The maximum atomic E-state index is 12.5. The Morgan fingerprint density at radius 1 is 1.26 bits per heavy atom. The molecular weight excluding hydrogens is 342 g/mol. The number of likely N-dealkylation sites (N-methyl/N-ethyl adjacent to an activating group) is 1. The first-order chi connectivity index (χ1) is 13.1. The Bertz CT molecular complexity index is 825. The second kappa shape index (κ2) is 9.28. The molecular formula is C21H23N3O3. The van der Waals surface area contributed by atoms with Crippen LogP contribution in [0.2, 0.25) is 0 Å². The molecule has 2 aromatic rings. The fraction of sp³-hybridized carbons (Fsp3) is 0.333. The first kappa shape index (κ1) is 19.1. The van der Waals surface area contributed by atoms with E-state index in [1.807, 2.05) is 25.2 Å². The van der Waals surface area contributed by atoms with Gasteiger partial charge >= 0.3 is 0 Å². The average molecular weight is 365 g/mol. The Balaban J connectivity index is 1.60. The minimum absolute atomic E-state index is 0.0858. The smallest absolute Gasteiger partial charge is 0.255 e. The van der Waals surface area contributed by atoms with E-state index in [0.717, 1.165) is 12.1 Å². The first-order valence-electron chi connectivity index (χ1n) is 8.92. The van der Waals surface area contributed by atoms with Crippen molar-refractivity contribution in [1.29, 1.82) is 5.26 Å². The van der Waals surface area contributed by atoms with Crippen molar-refractivity contribution in [2.75, 3.05) is 38.7 Å². The number of benzene rings is 2. The van der Waals surface area contributed by atoms with Crippen LogP contribution < -0.4 is 5.32 Å². The molecule has 6 heteroatoms. The molecule has 1 heterocycles. The molecule has 2 aromatic carbocycles. The van der Waals surface area contributed by atoms with E-state index in [9.17, 15) is 4.79 Å². The Morgan fingerprint density at radius 3 is 2.89 bits per heavy atom. The predicted octanol–water partition coefficient (Wildman–Crippen LogP) is 2.66. The van der Waals surface area contributed by atoms with Gasteiger partial charge in [0.25, 0.3) is 5.91 Å². The van der Waals surface area contributed by atoms with Gasteiger partial charge in [0.15, 0.2) is 0 Å². The van der Waals surface area contributed by atoms with E-state index in [4.69, 9.17) is 14.7 Å². The highest BCUT2D eigenvalue weighted by Gasteiger charge is 2.16. The summed E-state index contributed by atoms with van der Waals surface area (Å²) >= 11 is 0. The van der Waals surface area contributed by atoms with Crippen molar-refractivity contribution in [3.63, 3.8) is 0 Å². The van der Waals surface area contributed by atoms with Gasteiger partial charge in [-0.1, -0.05) is 18.2 Å². The lowest BCUT2D eigenvalue weighted by atomic mass is 10.1. The van der Waals surface area contributed by atoms with Crippen molar-refractivity contribution in [1.82, 2.24) is 4.90 Å². The number of nitrogens with zero attached hydrogens (tertiary/aromatic N) is 2. The summed E-state index contributed by atoms with van der Waals surface area (Å²) in [5.41, 5.74) is 2.75. The van der Waals surface area contributed by atoms with E-state index in [1.54, 1.807) is 30.3 Å². The van der Waals surface area contributed by atoms with Crippen LogP contribution in [0, 0.1) is 11.3 Å². The number of hydrogen-bond acceptors (Lipinski definition) is 5. The van der Waals surface area contributed by atoms with Crippen LogP contribution in [0.25, 0.3) is 0 Å². The quantitative estimate of drug-likeness (QED) is 0.852. The van der Waals surface area contributed by atoms with Crippen LogP contribution in [0.5, 0.6) is 0 Å². The third kappa shape index (κ3) is 5.63. The molecule has 0 bridgehead atoms. The van der Waals surface area contributed by atoms with Gasteiger partial charge in [0.1, 0.15) is 0 Å². The van der Waals surface area contributed by atoms with E-state index in [1.165, 1.54) is 0 Å². The molecule has 1 atom stereocenters. The lowest BCUT2D eigenvalue weighted by Gasteiger charge is -2.27. The Labute approximate surface area is 159 Å². The van der Waals surface area contributed by atoms with Crippen molar-refractivity contribution in [2.24, 2.45) is 0 Å². The molecule has 6 nitrogen and oxygen atoms in total. The third-order valence-electron chi connectivity index (χ3n) is 4.29. The van der Waals surface area contributed by atoms with E-state index >= 15 is 0 Å². The summed E-state index contributed by atoms with van der Waals surface area (Å²) in [6, 6.07) is 16.5. The fourth-order valence-corrected chi connectivity index (χ4v) is 3.05. The van der Waals surface area contributed by atoms with Crippen LogP contribution in [-0.2, 0) is 16.0 Å². The summed E-state index contributed by atoms with van der Waals surface area (Å²) in [7, 11) is 2.03. The van der Waals surface area contributed by atoms with Gasteiger partial charge in [-0.25, -0.2) is 0 Å². The molecule has 0 spiro atoms. The number of carbonyl (C=O) groups is 1. The molecule has 1 amide bonds. The van der Waals surface area contributed by atoms with Gasteiger partial charge < -0.3 is 14.8 Å². The van der Waals surface area contributed by atoms with E-state index < -0.39 is 0 Å². The van der Waals surface area contributed by atoms with Gasteiger partial charge in [-0.05, 0) is 42.9 Å². The maximum Gasteiger partial charge on any atom is 0.255 e. The Kier molecular flexibility index (Phi) is 6.55. The fourth-order valence-electron chi connectivity index (χ4n) is 3.05. The number of carbonyl (C=O) groups excluding carboxylic acids is 1. The number of nitriles is 1. The molecule has 0 aliphatic carbocycles. The molecule has 1 unspecified atom stereocenters. The molecule has 1 fully saturated rings. The molecule has 0 radical (unpaired) electrons. The van der Waals surface area contributed by atoms with Crippen LogP contribution in [0.1, 0.15) is 21.5 Å². The lowest BCUT2D eigenvalue weighted by Crippen LogP contribution is -2.38. The zero-order chi connectivity index (χ0) is 19.1. The summed E-state index contributed by atoms with van der Waals surface area (Å²) in [4.78, 5) is 14.7. The Morgan fingerprint density at radius 2 is 2.11 bits per heavy atom. The number of rotatable bonds is 6. The molecule has 1 N–H and O–H groups in total. The number of ether oxygens (including phenoxy) is 2. The van der Waals surface area contributed by atoms with Crippen LogP contribution >= 0.6 is 0 Å². The highest BCUT2D eigenvalue weighted by molar-refractivity contribution is 6.04. The van der Waals surface area contributed by atoms with Crippen LogP contribution in [0.3, 0.4) is 0 Å². The highest BCUT2D eigenvalue weighted by atomic mass is 16.6. The van der Waals surface area contributed by atoms with Gasteiger partial charge in [0.05, 0.1) is 37.6 Å². The second-order valence-corrected chi connectivity index (χ2v) is 6.61. The summed E-state index contributed by atoms with van der Waals surface area (Å²) in [6.07, 6.45) is 0.0858. The standard InChI is InChI=1S/C21H23N3O3/c1-24(14-20-15-26-8-9-27-20)13-17-5-2-6-18(10-17)21(25)23-19-7-3-4-16(11-19)12-22/h2-7,10-11,20H,8-9,13-15H2,1H3,(H,23,25). The number of hydrogen-bond donors (Lipinski definition) is 1. The monoisotopic (exact) mass is 365 g/mol. The largest absolute Gasteiger partial charge is 0.376 e. The topological polar surface area (TPSA) is 74.6 Å². The highest BCUT2D eigenvalue weighted by Crippen LogP contribution is 2.14. The number of amides is 1. The molecule has 0 saturated carbocycles. The normalized spacial score (nSPS) is 16.7.